The van der Waals surface area contributed by atoms with E-state index in [1.165, 1.54) is 32.1 Å². The number of alkyl halides is 1. The lowest BCUT2D eigenvalue weighted by Gasteiger charge is -2.33. The fourth-order valence-corrected chi connectivity index (χ4v) is 5.12. The van der Waals surface area contributed by atoms with Gasteiger partial charge < -0.3 is 14.7 Å². The van der Waals surface area contributed by atoms with Crippen LogP contribution in [0.3, 0.4) is 0 Å². The Labute approximate surface area is 157 Å². The Morgan fingerprint density at radius 1 is 0.923 bits per heavy atom. The van der Waals surface area contributed by atoms with Gasteiger partial charge >= 0.3 is 5.97 Å². The summed E-state index contributed by atoms with van der Waals surface area (Å²) in [4.78, 5) is 13.3. The molecule has 3 rings (SSSR count). The summed E-state index contributed by atoms with van der Waals surface area (Å²) in [5.74, 6) is 0.794. The highest BCUT2D eigenvalue weighted by Crippen LogP contribution is 2.36. The number of carboxylic acids is 1. The molecule has 4 nitrogen and oxygen atoms in total. The Morgan fingerprint density at radius 2 is 1.50 bits per heavy atom. The van der Waals surface area contributed by atoms with Gasteiger partial charge in [0.15, 0.2) is 0 Å². The molecule has 1 N–H and O–H groups in total. The molecular formula is C21H36FNO3. The predicted octanol–water partition coefficient (Wildman–Crippen LogP) is 4.28. The number of rotatable bonds is 7. The van der Waals surface area contributed by atoms with Gasteiger partial charge in [-0.2, -0.15) is 0 Å². The zero-order valence-corrected chi connectivity index (χ0v) is 16.1. The highest BCUT2D eigenvalue weighted by molar-refractivity contribution is 5.70. The quantitative estimate of drug-likeness (QED) is 0.728. The number of likely N-dealkylation sites (tertiary alicyclic amines) is 1. The molecule has 0 spiro atoms. The first kappa shape index (κ1) is 20.1. The lowest BCUT2D eigenvalue weighted by Crippen LogP contribution is -2.38. The Bertz CT molecular complexity index is 423. The molecule has 2 aliphatic carbocycles. The van der Waals surface area contributed by atoms with Crippen molar-refractivity contribution in [2.45, 2.75) is 82.9 Å². The van der Waals surface area contributed by atoms with Gasteiger partial charge in [-0.25, -0.2) is 4.39 Å². The van der Waals surface area contributed by atoms with Crippen molar-refractivity contribution < 1.29 is 19.0 Å². The third-order valence-electron chi connectivity index (χ3n) is 6.93. The van der Waals surface area contributed by atoms with Crippen molar-refractivity contribution in [1.82, 2.24) is 4.90 Å². The number of nitrogens with zero attached hydrogens (tertiary/aromatic N) is 1. The first-order valence-electron chi connectivity index (χ1n) is 10.8. The van der Waals surface area contributed by atoms with Crippen LogP contribution in [0.2, 0.25) is 0 Å². The van der Waals surface area contributed by atoms with Crippen LogP contribution in [0, 0.1) is 17.8 Å². The molecule has 0 aromatic heterocycles. The highest BCUT2D eigenvalue weighted by Gasteiger charge is 2.28. The lowest BCUT2D eigenvalue weighted by molar-refractivity contribution is -0.143. The van der Waals surface area contributed by atoms with Gasteiger partial charge in [0.05, 0.1) is 18.6 Å². The van der Waals surface area contributed by atoms with E-state index in [0.717, 1.165) is 76.6 Å². The van der Waals surface area contributed by atoms with Crippen molar-refractivity contribution >= 4 is 5.97 Å². The molecule has 3 aliphatic rings. The molecule has 26 heavy (non-hydrogen) atoms. The molecule has 0 atom stereocenters. The predicted molar refractivity (Wildman–Crippen MR) is 100.0 cm³/mol. The van der Waals surface area contributed by atoms with E-state index in [-0.39, 0.29) is 5.92 Å². The average molecular weight is 370 g/mol. The van der Waals surface area contributed by atoms with E-state index >= 15 is 0 Å². The van der Waals surface area contributed by atoms with E-state index < -0.39 is 12.1 Å². The molecule has 5 heteroatoms. The van der Waals surface area contributed by atoms with E-state index in [1.54, 1.807) is 0 Å². The van der Waals surface area contributed by atoms with Crippen molar-refractivity contribution in [3.05, 3.63) is 0 Å². The minimum absolute atomic E-state index is 0.151. The lowest BCUT2D eigenvalue weighted by atomic mass is 9.77. The maximum absolute atomic E-state index is 13.2. The monoisotopic (exact) mass is 369 g/mol. The third kappa shape index (κ3) is 6.19. The molecule has 0 bridgehead atoms. The molecule has 0 radical (unpaired) electrons. The molecule has 0 aromatic carbocycles. The van der Waals surface area contributed by atoms with Crippen LogP contribution in [0.1, 0.15) is 70.6 Å². The Hall–Kier alpha value is -0.680. The molecule has 1 heterocycles. The smallest absolute Gasteiger partial charge is 0.306 e. The summed E-state index contributed by atoms with van der Waals surface area (Å²) in [6.07, 6.45) is 11.3. The standard InChI is InChI=1S/C21H36FNO3/c22-19-5-1-16(2-6-19)15-17-3-7-20(8-4-17)26-14-13-23-11-9-18(10-12-23)21(24)25/h16-20H,1-15H2,(H,24,25). The normalized spacial score (nSPS) is 34.7. The Balaban J connectivity index is 1.24. The van der Waals surface area contributed by atoms with E-state index in [1.807, 2.05) is 0 Å². The van der Waals surface area contributed by atoms with Crippen molar-refractivity contribution in [3.8, 4) is 0 Å². The minimum Gasteiger partial charge on any atom is -0.481 e. The fourth-order valence-electron chi connectivity index (χ4n) is 5.12. The second kappa shape index (κ2) is 10.0. The molecule has 0 aromatic rings. The first-order valence-corrected chi connectivity index (χ1v) is 10.8. The number of piperidine rings is 1. The SMILES string of the molecule is O=C(O)C1CCN(CCOC2CCC(CC3CCC(F)CC3)CC2)CC1. The van der Waals surface area contributed by atoms with Crippen molar-refractivity contribution in [2.75, 3.05) is 26.2 Å². The molecular weight excluding hydrogens is 333 g/mol. The summed E-state index contributed by atoms with van der Waals surface area (Å²) in [7, 11) is 0. The maximum atomic E-state index is 13.2. The Kier molecular flexibility index (Phi) is 7.74. The molecule has 150 valence electrons. The number of carboxylic acid groups (broad SMARTS) is 1. The van der Waals surface area contributed by atoms with Crippen LogP contribution in [0.15, 0.2) is 0 Å². The zero-order valence-electron chi connectivity index (χ0n) is 16.1. The summed E-state index contributed by atoms with van der Waals surface area (Å²) in [5, 5.41) is 9.05. The van der Waals surface area contributed by atoms with Crippen LogP contribution in [0.5, 0.6) is 0 Å². The summed E-state index contributed by atoms with van der Waals surface area (Å²) < 4.78 is 19.4. The van der Waals surface area contributed by atoms with E-state index in [2.05, 4.69) is 4.90 Å². The summed E-state index contributed by atoms with van der Waals surface area (Å²) in [6, 6.07) is 0. The van der Waals surface area contributed by atoms with E-state index in [0.29, 0.717) is 6.10 Å². The van der Waals surface area contributed by atoms with Gasteiger partial charge in [0, 0.05) is 6.54 Å². The van der Waals surface area contributed by atoms with Gasteiger partial charge in [0.2, 0.25) is 0 Å². The zero-order chi connectivity index (χ0) is 18.4. The average Bonchev–Trinajstić information content (AvgIpc) is 2.65. The summed E-state index contributed by atoms with van der Waals surface area (Å²) >= 11 is 0. The molecule has 0 unspecified atom stereocenters. The molecule has 2 saturated carbocycles. The third-order valence-corrected chi connectivity index (χ3v) is 6.93. The number of hydrogen-bond acceptors (Lipinski definition) is 3. The highest BCUT2D eigenvalue weighted by atomic mass is 19.1. The van der Waals surface area contributed by atoms with Crippen LogP contribution >= 0.6 is 0 Å². The van der Waals surface area contributed by atoms with Crippen LogP contribution in [-0.2, 0) is 9.53 Å². The molecule has 1 aliphatic heterocycles. The largest absolute Gasteiger partial charge is 0.481 e. The van der Waals surface area contributed by atoms with Crippen LogP contribution in [0.25, 0.3) is 0 Å². The van der Waals surface area contributed by atoms with Crippen molar-refractivity contribution in [2.24, 2.45) is 17.8 Å². The number of carbonyl (C=O) groups is 1. The van der Waals surface area contributed by atoms with Crippen molar-refractivity contribution in [1.29, 1.82) is 0 Å². The van der Waals surface area contributed by atoms with Gasteiger partial charge in [-0.3, -0.25) is 4.79 Å². The minimum atomic E-state index is -0.643. The first-order chi connectivity index (χ1) is 12.6. The number of ether oxygens (including phenoxy) is 1. The van der Waals surface area contributed by atoms with Crippen LogP contribution in [0.4, 0.5) is 4.39 Å². The number of hydrogen-bond donors (Lipinski definition) is 1. The van der Waals surface area contributed by atoms with Gasteiger partial charge in [0.25, 0.3) is 0 Å². The van der Waals surface area contributed by atoms with Crippen LogP contribution < -0.4 is 0 Å². The number of halogens is 1. The van der Waals surface area contributed by atoms with Gasteiger partial charge in [-0.05, 0) is 95.6 Å². The maximum Gasteiger partial charge on any atom is 0.306 e. The second-order valence-corrected chi connectivity index (χ2v) is 8.82. The second-order valence-electron chi connectivity index (χ2n) is 8.82. The van der Waals surface area contributed by atoms with Crippen LogP contribution in [-0.4, -0.2) is 54.5 Å². The van der Waals surface area contributed by atoms with Gasteiger partial charge in [0.1, 0.15) is 6.17 Å². The fraction of sp³-hybridized carbons (Fsp3) is 0.952. The molecule has 1 saturated heterocycles. The summed E-state index contributed by atoms with van der Waals surface area (Å²) in [5.41, 5.74) is 0. The van der Waals surface area contributed by atoms with E-state index in [4.69, 9.17) is 9.84 Å². The molecule has 0 amide bonds. The van der Waals surface area contributed by atoms with Gasteiger partial charge in [-0.1, -0.05) is 0 Å². The topological polar surface area (TPSA) is 49.8 Å². The Morgan fingerprint density at radius 3 is 2.08 bits per heavy atom. The summed E-state index contributed by atoms with van der Waals surface area (Å²) in [6.45, 7) is 3.47. The molecule has 3 fully saturated rings. The number of aliphatic carboxylic acids is 1. The van der Waals surface area contributed by atoms with Gasteiger partial charge in [-0.15, -0.1) is 0 Å². The van der Waals surface area contributed by atoms with E-state index in [9.17, 15) is 9.18 Å². The van der Waals surface area contributed by atoms with Crippen molar-refractivity contribution in [3.63, 3.8) is 0 Å².